The van der Waals surface area contributed by atoms with Crippen molar-refractivity contribution >= 4 is 0 Å². The molecule has 2 aromatic carbocycles. The summed E-state index contributed by atoms with van der Waals surface area (Å²) in [5.41, 5.74) is 0.527. The van der Waals surface area contributed by atoms with Crippen LogP contribution in [-0.2, 0) is 6.61 Å². The highest BCUT2D eigenvalue weighted by Crippen LogP contribution is 2.23. The minimum atomic E-state index is -0.474. The van der Waals surface area contributed by atoms with Crippen molar-refractivity contribution in [1.29, 1.82) is 0 Å². The van der Waals surface area contributed by atoms with Gasteiger partial charge in [0.1, 0.15) is 29.7 Å². The molecule has 0 amide bonds. The van der Waals surface area contributed by atoms with Crippen LogP contribution < -0.4 is 9.47 Å². The number of rotatable bonds is 4. The minimum absolute atomic E-state index is 0.113. The van der Waals surface area contributed by atoms with E-state index in [1.807, 2.05) is 6.07 Å². The van der Waals surface area contributed by atoms with E-state index in [0.717, 1.165) is 6.07 Å². The third kappa shape index (κ3) is 2.91. The molecule has 0 spiro atoms. The van der Waals surface area contributed by atoms with Gasteiger partial charge >= 0.3 is 0 Å². The molecule has 0 radical (unpaired) electrons. The summed E-state index contributed by atoms with van der Waals surface area (Å²) >= 11 is 0. The minimum Gasteiger partial charge on any atom is -0.507 e. The Morgan fingerprint density at radius 3 is 2.61 bits per heavy atom. The molecule has 0 aliphatic heterocycles. The molecule has 18 heavy (non-hydrogen) atoms. The molecule has 0 aliphatic carbocycles. The SMILES string of the molecule is COc1cccc(OCc2ccc(F)cc2O)c1. The Morgan fingerprint density at radius 2 is 1.89 bits per heavy atom. The zero-order valence-electron chi connectivity index (χ0n) is 9.89. The number of phenolic OH excluding ortho intramolecular Hbond substituents is 1. The van der Waals surface area contributed by atoms with Crippen LogP contribution in [0, 0.1) is 5.82 Å². The van der Waals surface area contributed by atoms with E-state index in [0.29, 0.717) is 17.1 Å². The van der Waals surface area contributed by atoms with Gasteiger partial charge in [-0.2, -0.15) is 0 Å². The molecule has 0 atom stereocenters. The van der Waals surface area contributed by atoms with Crippen molar-refractivity contribution in [2.75, 3.05) is 7.11 Å². The zero-order chi connectivity index (χ0) is 13.0. The lowest BCUT2D eigenvalue weighted by molar-refractivity contribution is 0.296. The van der Waals surface area contributed by atoms with Crippen LogP contribution in [0.4, 0.5) is 4.39 Å². The average Bonchev–Trinajstić information content (AvgIpc) is 2.38. The Morgan fingerprint density at radius 1 is 1.11 bits per heavy atom. The molecule has 2 aromatic rings. The molecule has 0 unspecified atom stereocenters. The summed E-state index contributed by atoms with van der Waals surface area (Å²) in [5.74, 6) is 0.726. The molecular weight excluding hydrogens is 235 g/mol. The summed E-state index contributed by atoms with van der Waals surface area (Å²) in [4.78, 5) is 0. The molecule has 4 heteroatoms. The first-order chi connectivity index (χ1) is 8.69. The number of hydrogen-bond donors (Lipinski definition) is 1. The van der Waals surface area contributed by atoms with Gasteiger partial charge in [0, 0.05) is 17.7 Å². The van der Waals surface area contributed by atoms with Gasteiger partial charge in [-0.15, -0.1) is 0 Å². The van der Waals surface area contributed by atoms with Crippen LogP contribution in [0.25, 0.3) is 0 Å². The average molecular weight is 248 g/mol. The maximum absolute atomic E-state index is 12.8. The van der Waals surface area contributed by atoms with E-state index in [1.165, 1.54) is 12.1 Å². The van der Waals surface area contributed by atoms with Gasteiger partial charge in [-0.1, -0.05) is 6.07 Å². The largest absolute Gasteiger partial charge is 0.507 e. The molecule has 0 aliphatic rings. The Kier molecular flexibility index (Phi) is 3.67. The summed E-state index contributed by atoms with van der Waals surface area (Å²) in [7, 11) is 1.57. The Labute approximate surface area is 104 Å². The van der Waals surface area contributed by atoms with Crippen molar-refractivity contribution in [3.05, 3.63) is 53.8 Å². The number of hydrogen-bond acceptors (Lipinski definition) is 3. The van der Waals surface area contributed by atoms with Gasteiger partial charge in [-0.3, -0.25) is 0 Å². The standard InChI is InChI=1S/C14H13FO3/c1-17-12-3-2-4-13(8-12)18-9-10-5-6-11(15)7-14(10)16/h2-8,16H,9H2,1H3. The van der Waals surface area contributed by atoms with Crippen LogP contribution in [0.15, 0.2) is 42.5 Å². The van der Waals surface area contributed by atoms with Gasteiger partial charge in [-0.05, 0) is 24.3 Å². The van der Waals surface area contributed by atoms with Crippen molar-refractivity contribution in [2.24, 2.45) is 0 Å². The molecule has 0 saturated heterocycles. The second-order valence-electron chi connectivity index (χ2n) is 3.74. The number of phenols is 1. The molecule has 0 saturated carbocycles. The lowest BCUT2D eigenvalue weighted by Crippen LogP contribution is -1.96. The normalized spacial score (nSPS) is 10.1. The molecule has 0 heterocycles. The van der Waals surface area contributed by atoms with Gasteiger partial charge in [-0.25, -0.2) is 4.39 Å². The number of ether oxygens (including phenoxy) is 2. The molecule has 0 aromatic heterocycles. The predicted octanol–water partition coefficient (Wildman–Crippen LogP) is 3.12. The number of methoxy groups -OCH3 is 1. The van der Waals surface area contributed by atoms with Crippen LogP contribution in [0.5, 0.6) is 17.2 Å². The smallest absolute Gasteiger partial charge is 0.126 e. The molecule has 0 bridgehead atoms. The summed E-state index contributed by atoms with van der Waals surface area (Å²) in [6.07, 6.45) is 0. The monoisotopic (exact) mass is 248 g/mol. The second-order valence-corrected chi connectivity index (χ2v) is 3.74. The van der Waals surface area contributed by atoms with E-state index in [1.54, 1.807) is 25.3 Å². The molecular formula is C14H13FO3. The predicted molar refractivity (Wildman–Crippen MR) is 65.4 cm³/mol. The third-order valence-electron chi connectivity index (χ3n) is 2.48. The lowest BCUT2D eigenvalue weighted by atomic mass is 10.2. The van der Waals surface area contributed by atoms with Gasteiger partial charge in [0.25, 0.3) is 0 Å². The first-order valence-electron chi connectivity index (χ1n) is 5.43. The van der Waals surface area contributed by atoms with Crippen LogP contribution >= 0.6 is 0 Å². The van der Waals surface area contributed by atoms with Crippen LogP contribution in [0.2, 0.25) is 0 Å². The van der Waals surface area contributed by atoms with Crippen LogP contribution in [0.3, 0.4) is 0 Å². The van der Waals surface area contributed by atoms with E-state index in [2.05, 4.69) is 0 Å². The van der Waals surface area contributed by atoms with Gasteiger partial charge in [0.05, 0.1) is 7.11 Å². The molecule has 2 rings (SSSR count). The van der Waals surface area contributed by atoms with Gasteiger partial charge in [0.2, 0.25) is 0 Å². The van der Waals surface area contributed by atoms with Crippen LogP contribution in [0.1, 0.15) is 5.56 Å². The molecule has 3 nitrogen and oxygen atoms in total. The number of halogens is 1. The van der Waals surface area contributed by atoms with E-state index in [-0.39, 0.29) is 12.4 Å². The Hall–Kier alpha value is -2.23. The van der Waals surface area contributed by atoms with Gasteiger partial charge in [0.15, 0.2) is 0 Å². The summed E-state index contributed by atoms with van der Waals surface area (Å²) in [6, 6.07) is 11.0. The molecule has 94 valence electrons. The summed E-state index contributed by atoms with van der Waals surface area (Å²) < 4.78 is 23.4. The summed E-state index contributed by atoms with van der Waals surface area (Å²) in [5, 5.41) is 9.53. The van der Waals surface area contributed by atoms with Crippen molar-refractivity contribution < 1.29 is 19.0 Å². The molecule has 0 fully saturated rings. The van der Waals surface area contributed by atoms with Crippen molar-refractivity contribution in [1.82, 2.24) is 0 Å². The highest BCUT2D eigenvalue weighted by atomic mass is 19.1. The van der Waals surface area contributed by atoms with E-state index >= 15 is 0 Å². The fraction of sp³-hybridized carbons (Fsp3) is 0.143. The quantitative estimate of drug-likeness (QED) is 0.903. The second kappa shape index (κ2) is 5.40. The maximum atomic E-state index is 12.8. The van der Waals surface area contributed by atoms with Gasteiger partial charge < -0.3 is 14.6 Å². The fourth-order valence-electron chi connectivity index (χ4n) is 1.51. The van der Waals surface area contributed by atoms with Crippen LogP contribution in [-0.4, -0.2) is 12.2 Å². The highest BCUT2D eigenvalue weighted by molar-refractivity contribution is 5.35. The number of aromatic hydroxyl groups is 1. The van der Waals surface area contributed by atoms with Crippen molar-refractivity contribution in [2.45, 2.75) is 6.61 Å². The first kappa shape index (κ1) is 12.2. The highest BCUT2D eigenvalue weighted by Gasteiger charge is 2.04. The number of benzene rings is 2. The van der Waals surface area contributed by atoms with Crippen molar-refractivity contribution in [3.8, 4) is 17.2 Å². The first-order valence-corrected chi connectivity index (χ1v) is 5.43. The topological polar surface area (TPSA) is 38.7 Å². The third-order valence-corrected chi connectivity index (χ3v) is 2.48. The fourth-order valence-corrected chi connectivity index (χ4v) is 1.51. The Bertz CT molecular complexity index is 540. The maximum Gasteiger partial charge on any atom is 0.126 e. The van der Waals surface area contributed by atoms with E-state index in [4.69, 9.17) is 9.47 Å². The Balaban J connectivity index is 2.06. The van der Waals surface area contributed by atoms with E-state index in [9.17, 15) is 9.50 Å². The van der Waals surface area contributed by atoms with E-state index < -0.39 is 5.82 Å². The molecule has 1 N–H and O–H groups in total. The summed E-state index contributed by atoms with van der Waals surface area (Å²) in [6.45, 7) is 0.166. The zero-order valence-corrected chi connectivity index (χ0v) is 9.89. The van der Waals surface area contributed by atoms with Crippen molar-refractivity contribution in [3.63, 3.8) is 0 Å². The lowest BCUT2D eigenvalue weighted by Gasteiger charge is -2.09.